The van der Waals surface area contributed by atoms with Crippen LogP contribution in [0.25, 0.3) is 0 Å². The number of carbonyl (C=O) groups excluding carboxylic acids is 1. The molecular formula is C15H9F6NO3. The fraction of sp³-hybridized carbons (Fsp3) is 0.200. The van der Waals surface area contributed by atoms with E-state index >= 15 is 0 Å². The Morgan fingerprint density at radius 1 is 0.920 bits per heavy atom. The van der Waals surface area contributed by atoms with Crippen molar-refractivity contribution in [2.24, 2.45) is 0 Å². The molecule has 1 aromatic carbocycles. The molecule has 0 fully saturated rings. The van der Waals surface area contributed by atoms with Gasteiger partial charge in [-0.15, -0.1) is 13.2 Å². The van der Waals surface area contributed by atoms with Crippen molar-refractivity contribution in [2.45, 2.75) is 19.5 Å². The molecule has 0 aliphatic heterocycles. The Balaban J connectivity index is 2.12. The summed E-state index contributed by atoms with van der Waals surface area (Å²) in [5.41, 5.74) is -1.56. The molecule has 0 N–H and O–H groups in total. The highest BCUT2D eigenvalue weighted by atomic mass is 19.4. The molecule has 0 unspecified atom stereocenters. The predicted molar refractivity (Wildman–Crippen MR) is 72.1 cm³/mol. The van der Waals surface area contributed by atoms with Crippen LogP contribution in [0, 0.1) is 6.92 Å². The Morgan fingerprint density at radius 3 is 1.96 bits per heavy atom. The van der Waals surface area contributed by atoms with Gasteiger partial charge in [0, 0.05) is 0 Å². The SMILES string of the molecule is Cc1nc(C(F)(F)F)ccc1C(=O)Oc1ccc(OC(F)(F)F)cc1. The van der Waals surface area contributed by atoms with E-state index in [1.54, 1.807) is 0 Å². The van der Waals surface area contributed by atoms with E-state index in [1.807, 2.05) is 0 Å². The van der Waals surface area contributed by atoms with E-state index < -0.39 is 30.0 Å². The zero-order valence-corrected chi connectivity index (χ0v) is 12.4. The number of carbonyl (C=O) groups is 1. The first-order chi connectivity index (χ1) is 11.5. The van der Waals surface area contributed by atoms with Gasteiger partial charge >= 0.3 is 18.5 Å². The van der Waals surface area contributed by atoms with Crippen molar-refractivity contribution in [3.63, 3.8) is 0 Å². The number of rotatable bonds is 3. The van der Waals surface area contributed by atoms with Crippen molar-refractivity contribution in [3.05, 3.63) is 53.3 Å². The molecular weight excluding hydrogens is 356 g/mol. The molecule has 2 aromatic rings. The van der Waals surface area contributed by atoms with Crippen molar-refractivity contribution in [1.29, 1.82) is 0 Å². The van der Waals surface area contributed by atoms with Crippen molar-refractivity contribution >= 4 is 5.97 Å². The van der Waals surface area contributed by atoms with Gasteiger partial charge in [0.05, 0.1) is 11.3 Å². The van der Waals surface area contributed by atoms with Gasteiger partial charge in [0.1, 0.15) is 17.2 Å². The summed E-state index contributed by atoms with van der Waals surface area (Å²) in [5.74, 6) is -1.62. The number of alkyl halides is 6. The zero-order chi connectivity index (χ0) is 18.8. The third-order valence-corrected chi connectivity index (χ3v) is 2.86. The summed E-state index contributed by atoms with van der Waals surface area (Å²) in [4.78, 5) is 15.2. The van der Waals surface area contributed by atoms with Crippen LogP contribution in [-0.2, 0) is 6.18 Å². The quantitative estimate of drug-likeness (QED) is 0.456. The third kappa shape index (κ3) is 5.10. The molecule has 0 aliphatic carbocycles. The standard InChI is InChI=1S/C15H9F6NO3/c1-8-11(6-7-12(22-8)14(16,17)18)13(23)24-9-2-4-10(5-3-9)25-15(19,20)21/h2-7H,1H3. The van der Waals surface area contributed by atoms with Crippen LogP contribution in [0.3, 0.4) is 0 Å². The molecule has 0 aliphatic rings. The van der Waals surface area contributed by atoms with E-state index in [0.717, 1.165) is 30.3 Å². The fourth-order valence-electron chi connectivity index (χ4n) is 1.81. The van der Waals surface area contributed by atoms with Gasteiger partial charge < -0.3 is 9.47 Å². The van der Waals surface area contributed by atoms with Crippen molar-refractivity contribution < 1.29 is 40.6 Å². The second kappa shape index (κ2) is 6.61. The fourth-order valence-corrected chi connectivity index (χ4v) is 1.81. The maximum absolute atomic E-state index is 12.5. The maximum Gasteiger partial charge on any atom is 0.573 e. The van der Waals surface area contributed by atoms with Crippen LogP contribution in [0.2, 0.25) is 0 Å². The number of hydrogen-bond donors (Lipinski definition) is 0. The Bertz CT molecular complexity index is 768. The zero-order valence-electron chi connectivity index (χ0n) is 12.4. The Kier molecular flexibility index (Phi) is 4.91. The van der Waals surface area contributed by atoms with Crippen LogP contribution in [0.15, 0.2) is 36.4 Å². The van der Waals surface area contributed by atoms with Crippen molar-refractivity contribution in [3.8, 4) is 11.5 Å². The largest absolute Gasteiger partial charge is 0.573 e. The number of nitrogens with zero attached hydrogens (tertiary/aromatic N) is 1. The van der Waals surface area contributed by atoms with Gasteiger partial charge in [-0.3, -0.25) is 0 Å². The van der Waals surface area contributed by atoms with Crippen molar-refractivity contribution in [1.82, 2.24) is 4.98 Å². The number of aryl methyl sites for hydroxylation is 1. The molecule has 0 saturated heterocycles. The number of esters is 1. The normalized spacial score (nSPS) is 12.0. The first-order valence-electron chi connectivity index (χ1n) is 6.58. The van der Waals surface area contributed by atoms with Gasteiger partial charge in [0.2, 0.25) is 0 Å². The monoisotopic (exact) mass is 365 g/mol. The van der Waals surface area contributed by atoms with Crippen molar-refractivity contribution in [2.75, 3.05) is 0 Å². The number of ether oxygens (including phenoxy) is 2. The molecule has 0 bridgehead atoms. The third-order valence-electron chi connectivity index (χ3n) is 2.86. The average Bonchev–Trinajstić information content (AvgIpc) is 2.46. The number of aromatic nitrogens is 1. The van der Waals surface area contributed by atoms with Gasteiger partial charge in [-0.25, -0.2) is 9.78 Å². The van der Waals surface area contributed by atoms with E-state index in [1.165, 1.54) is 6.92 Å². The topological polar surface area (TPSA) is 48.4 Å². The molecule has 0 saturated carbocycles. The van der Waals surface area contributed by atoms with Gasteiger partial charge in [-0.2, -0.15) is 13.2 Å². The van der Waals surface area contributed by atoms with Crippen LogP contribution in [-0.4, -0.2) is 17.3 Å². The number of halogens is 6. The average molecular weight is 365 g/mol. The Morgan fingerprint density at radius 2 is 1.48 bits per heavy atom. The summed E-state index contributed by atoms with van der Waals surface area (Å²) in [5, 5.41) is 0. The van der Waals surface area contributed by atoms with E-state index in [-0.39, 0.29) is 17.0 Å². The minimum absolute atomic E-state index is 0.112. The summed E-state index contributed by atoms with van der Waals surface area (Å²) >= 11 is 0. The molecule has 1 heterocycles. The molecule has 0 spiro atoms. The highest BCUT2D eigenvalue weighted by Gasteiger charge is 2.33. The smallest absolute Gasteiger partial charge is 0.423 e. The molecule has 0 atom stereocenters. The highest BCUT2D eigenvalue weighted by molar-refractivity contribution is 5.92. The lowest BCUT2D eigenvalue weighted by Crippen LogP contribution is -2.17. The van der Waals surface area contributed by atoms with E-state index in [4.69, 9.17) is 4.74 Å². The first-order valence-corrected chi connectivity index (χ1v) is 6.58. The maximum atomic E-state index is 12.5. The number of benzene rings is 1. The molecule has 1 aromatic heterocycles. The second-order valence-corrected chi connectivity index (χ2v) is 4.74. The van der Waals surface area contributed by atoms with Crippen LogP contribution in [0.1, 0.15) is 21.7 Å². The molecule has 4 nitrogen and oxygen atoms in total. The number of pyridine rings is 1. The molecule has 134 valence electrons. The van der Waals surface area contributed by atoms with E-state index in [9.17, 15) is 31.1 Å². The highest BCUT2D eigenvalue weighted by Crippen LogP contribution is 2.29. The van der Waals surface area contributed by atoms with Crippen LogP contribution >= 0.6 is 0 Å². The summed E-state index contributed by atoms with van der Waals surface area (Å²) in [7, 11) is 0. The molecule has 2 rings (SSSR count). The van der Waals surface area contributed by atoms with E-state index in [2.05, 4.69) is 9.72 Å². The lowest BCUT2D eigenvalue weighted by Gasteiger charge is -2.11. The lowest BCUT2D eigenvalue weighted by atomic mass is 10.2. The molecule has 25 heavy (non-hydrogen) atoms. The first kappa shape index (κ1) is 18.6. The van der Waals surface area contributed by atoms with Gasteiger partial charge in [-0.05, 0) is 43.3 Å². The van der Waals surface area contributed by atoms with Gasteiger partial charge in [0.15, 0.2) is 0 Å². The minimum atomic E-state index is -4.86. The summed E-state index contributed by atoms with van der Waals surface area (Å²) in [6.07, 6.45) is -9.51. The summed E-state index contributed by atoms with van der Waals surface area (Å²) in [6, 6.07) is 5.48. The molecule has 0 amide bonds. The Hall–Kier alpha value is -2.78. The molecule has 0 radical (unpaired) electrons. The Labute approximate surface area is 137 Å². The van der Waals surface area contributed by atoms with E-state index in [0.29, 0.717) is 6.07 Å². The van der Waals surface area contributed by atoms with Crippen LogP contribution in [0.4, 0.5) is 26.3 Å². The molecule has 10 heteroatoms. The van der Waals surface area contributed by atoms with Gasteiger partial charge in [-0.1, -0.05) is 0 Å². The number of hydrogen-bond acceptors (Lipinski definition) is 4. The summed E-state index contributed by atoms with van der Waals surface area (Å²) < 4.78 is 82.3. The van der Waals surface area contributed by atoms with Crippen LogP contribution in [0.5, 0.6) is 11.5 Å². The second-order valence-electron chi connectivity index (χ2n) is 4.74. The minimum Gasteiger partial charge on any atom is -0.423 e. The van der Waals surface area contributed by atoms with Crippen LogP contribution < -0.4 is 9.47 Å². The predicted octanol–water partition coefficient (Wildman–Crippen LogP) is 4.53. The lowest BCUT2D eigenvalue weighted by molar-refractivity contribution is -0.274. The summed E-state index contributed by atoms with van der Waals surface area (Å²) in [6.45, 7) is 1.20. The van der Waals surface area contributed by atoms with Gasteiger partial charge in [0.25, 0.3) is 0 Å².